The van der Waals surface area contributed by atoms with Crippen LogP contribution in [0.25, 0.3) is 0 Å². The molecule has 0 bridgehead atoms. The van der Waals surface area contributed by atoms with Crippen molar-refractivity contribution < 1.29 is 4.74 Å². The van der Waals surface area contributed by atoms with Crippen molar-refractivity contribution in [2.45, 2.75) is 20.3 Å². The van der Waals surface area contributed by atoms with Crippen LogP contribution in [0.3, 0.4) is 0 Å². The van der Waals surface area contributed by atoms with Crippen LogP contribution in [-0.2, 0) is 4.74 Å². The van der Waals surface area contributed by atoms with E-state index in [0.29, 0.717) is 19.8 Å². The lowest BCUT2D eigenvalue weighted by Gasteiger charge is -2.00. The van der Waals surface area contributed by atoms with Gasteiger partial charge in [0.2, 0.25) is 0 Å². The normalized spacial score (nSPS) is 18.2. The zero-order valence-corrected chi connectivity index (χ0v) is 8.39. The van der Waals surface area contributed by atoms with Crippen molar-refractivity contribution >= 4 is 0 Å². The van der Waals surface area contributed by atoms with Crippen molar-refractivity contribution in [2.24, 2.45) is 5.73 Å². The second kappa shape index (κ2) is 5.03. The molecule has 0 radical (unpaired) electrons. The van der Waals surface area contributed by atoms with Gasteiger partial charge in [0.1, 0.15) is 0 Å². The highest BCUT2D eigenvalue weighted by Gasteiger charge is 2.22. The summed E-state index contributed by atoms with van der Waals surface area (Å²) in [6, 6.07) is 0. The quantitative estimate of drug-likeness (QED) is 0.527. The molecule has 1 saturated carbocycles. The second-order valence-electron chi connectivity index (χ2n) is 3.19. The van der Waals surface area contributed by atoms with Crippen molar-refractivity contribution in [1.29, 1.82) is 0 Å². The second-order valence-corrected chi connectivity index (χ2v) is 3.19. The van der Waals surface area contributed by atoms with Gasteiger partial charge >= 0.3 is 0 Å². The Labute approximate surface area is 79.8 Å². The van der Waals surface area contributed by atoms with E-state index in [1.54, 1.807) is 0 Å². The molecule has 0 unspecified atom stereocenters. The molecule has 1 rings (SSSR count). The first kappa shape index (κ1) is 10.3. The Morgan fingerprint density at radius 1 is 1.69 bits per heavy atom. The summed E-state index contributed by atoms with van der Waals surface area (Å²) in [4.78, 5) is 0. The predicted molar refractivity (Wildman–Crippen MR) is 54.5 cm³/mol. The first-order valence-corrected chi connectivity index (χ1v) is 4.66. The van der Waals surface area contributed by atoms with E-state index in [4.69, 9.17) is 10.5 Å². The maximum atomic E-state index is 5.34. The molecule has 1 aliphatic carbocycles. The molecule has 72 valence electrons. The van der Waals surface area contributed by atoms with Gasteiger partial charge in [-0.05, 0) is 31.1 Å². The monoisotopic (exact) mass is 179 g/mol. The van der Waals surface area contributed by atoms with E-state index in [1.165, 1.54) is 16.7 Å². The van der Waals surface area contributed by atoms with Crippen molar-refractivity contribution in [3.05, 3.63) is 28.5 Å². The third-order valence-corrected chi connectivity index (χ3v) is 2.01. The van der Waals surface area contributed by atoms with E-state index in [1.807, 2.05) is 13.0 Å². The summed E-state index contributed by atoms with van der Waals surface area (Å²) in [5.41, 5.74) is 12.6. The molecule has 0 saturated heterocycles. The van der Waals surface area contributed by atoms with E-state index in [2.05, 4.69) is 12.7 Å². The first-order valence-electron chi connectivity index (χ1n) is 4.66. The van der Waals surface area contributed by atoms with Gasteiger partial charge in [-0.2, -0.15) is 0 Å². The average molecular weight is 179 g/mol. The lowest BCUT2D eigenvalue weighted by Crippen LogP contribution is -2.09. The molecule has 1 fully saturated rings. The smallest absolute Gasteiger partial charge is 0.0680 e. The van der Waals surface area contributed by atoms with Gasteiger partial charge in [-0.15, -0.1) is 5.73 Å². The number of rotatable bonds is 4. The number of hydrogen-bond donors (Lipinski definition) is 1. The van der Waals surface area contributed by atoms with Crippen LogP contribution in [0.15, 0.2) is 28.5 Å². The molecule has 0 heterocycles. The standard InChI is InChI=1S/C11H17NO/c1-3-4-10-7-11(10)9(2)8-13-6-5-12/h3H,5-8,12H2,1-2H3. The van der Waals surface area contributed by atoms with Crippen LogP contribution in [0.5, 0.6) is 0 Å². The molecule has 1 aliphatic rings. The SMILES string of the molecule is CC=C=C1CC1=C(C)COCCN. The Kier molecular flexibility index (Phi) is 3.97. The topological polar surface area (TPSA) is 35.2 Å². The van der Waals surface area contributed by atoms with Crippen LogP contribution in [0.2, 0.25) is 0 Å². The first-order chi connectivity index (χ1) is 6.29. The van der Waals surface area contributed by atoms with E-state index in [-0.39, 0.29) is 0 Å². The lowest BCUT2D eigenvalue weighted by molar-refractivity contribution is 0.164. The Hall–Kier alpha value is -0.820. The van der Waals surface area contributed by atoms with E-state index >= 15 is 0 Å². The molecular formula is C11H17NO. The van der Waals surface area contributed by atoms with Crippen molar-refractivity contribution in [3.63, 3.8) is 0 Å². The van der Waals surface area contributed by atoms with Gasteiger partial charge in [0.05, 0.1) is 13.2 Å². The van der Waals surface area contributed by atoms with Crippen LogP contribution >= 0.6 is 0 Å². The summed E-state index contributed by atoms with van der Waals surface area (Å²) < 4.78 is 5.34. The summed E-state index contributed by atoms with van der Waals surface area (Å²) in [5, 5.41) is 0. The third-order valence-electron chi connectivity index (χ3n) is 2.01. The summed E-state index contributed by atoms with van der Waals surface area (Å²) in [5.74, 6) is 0. The number of ether oxygens (including phenoxy) is 1. The highest BCUT2D eigenvalue weighted by atomic mass is 16.5. The van der Waals surface area contributed by atoms with Crippen molar-refractivity contribution in [3.8, 4) is 0 Å². The molecule has 2 heteroatoms. The van der Waals surface area contributed by atoms with E-state index in [9.17, 15) is 0 Å². The van der Waals surface area contributed by atoms with Gasteiger partial charge in [-0.1, -0.05) is 0 Å². The van der Waals surface area contributed by atoms with Gasteiger partial charge < -0.3 is 10.5 Å². The van der Waals surface area contributed by atoms with Crippen LogP contribution in [-0.4, -0.2) is 19.8 Å². The Morgan fingerprint density at radius 2 is 2.46 bits per heavy atom. The summed E-state index contributed by atoms with van der Waals surface area (Å²) in [7, 11) is 0. The van der Waals surface area contributed by atoms with E-state index in [0.717, 1.165) is 6.42 Å². The summed E-state index contributed by atoms with van der Waals surface area (Å²) in [6.45, 7) is 6.05. The van der Waals surface area contributed by atoms with Gasteiger partial charge in [0.15, 0.2) is 0 Å². The fourth-order valence-corrected chi connectivity index (χ4v) is 1.25. The Bertz CT molecular complexity index is 270. The molecule has 2 N–H and O–H groups in total. The summed E-state index contributed by atoms with van der Waals surface area (Å²) in [6.07, 6.45) is 3.04. The Balaban J connectivity index is 2.41. The lowest BCUT2D eigenvalue weighted by atomic mass is 10.3. The number of allylic oxidation sites excluding steroid dienone is 2. The molecule has 0 aromatic carbocycles. The minimum absolute atomic E-state index is 0.597. The highest BCUT2D eigenvalue weighted by Crippen LogP contribution is 2.38. The maximum absolute atomic E-state index is 5.34. The molecule has 0 atom stereocenters. The molecular weight excluding hydrogens is 162 g/mol. The summed E-state index contributed by atoms with van der Waals surface area (Å²) >= 11 is 0. The minimum atomic E-state index is 0.597. The molecule has 0 spiro atoms. The zero-order chi connectivity index (χ0) is 9.68. The van der Waals surface area contributed by atoms with Gasteiger partial charge in [0, 0.05) is 18.5 Å². The zero-order valence-electron chi connectivity index (χ0n) is 8.39. The number of hydrogen-bond acceptors (Lipinski definition) is 2. The molecule has 13 heavy (non-hydrogen) atoms. The van der Waals surface area contributed by atoms with Crippen LogP contribution < -0.4 is 5.73 Å². The third kappa shape index (κ3) is 3.19. The van der Waals surface area contributed by atoms with Gasteiger partial charge in [-0.25, -0.2) is 0 Å². The predicted octanol–water partition coefficient (Wildman–Crippen LogP) is 1.78. The minimum Gasteiger partial charge on any atom is -0.376 e. The highest BCUT2D eigenvalue weighted by molar-refractivity contribution is 5.52. The van der Waals surface area contributed by atoms with Crippen LogP contribution in [0, 0.1) is 0 Å². The van der Waals surface area contributed by atoms with E-state index < -0.39 is 0 Å². The molecule has 0 amide bonds. The molecule has 0 aliphatic heterocycles. The largest absolute Gasteiger partial charge is 0.376 e. The van der Waals surface area contributed by atoms with Gasteiger partial charge in [0.25, 0.3) is 0 Å². The molecule has 0 aromatic rings. The molecule has 0 aromatic heterocycles. The van der Waals surface area contributed by atoms with Gasteiger partial charge in [-0.3, -0.25) is 0 Å². The van der Waals surface area contributed by atoms with Crippen LogP contribution in [0.4, 0.5) is 0 Å². The van der Waals surface area contributed by atoms with Crippen molar-refractivity contribution in [1.82, 2.24) is 0 Å². The molecule has 2 nitrogen and oxygen atoms in total. The van der Waals surface area contributed by atoms with Crippen LogP contribution in [0.1, 0.15) is 20.3 Å². The number of nitrogens with two attached hydrogens (primary N) is 1. The maximum Gasteiger partial charge on any atom is 0.0680 e. The van der Waals surface area contributed by atoms with Crippen molar-refractivity contribution in [2.75, 3.05) is 19.8 Å². The fraction of sp³-hybridized carbons (Fsp3) is 0.545. The fourth-order valence-electron chi connectivity index (χ4n) is 1.25. The average Bonchev–Trinajstić information content (AvgIpc) is 2.85. The Morgan fingerprint density at radius 3 is 3.08 bits per heavy atom.